The van der Waals surface area contributed by atoms with Crippen molar-refractivity contribution < 1.29 is 9.59 Å². The van der Waals surface area contributed by atoms with Crippen LogP contribution in [0.2, 0.25) is 0 Å². The summed E-state index contributed by atoms with van der Waals surface area (Å²) in [5, 5.41) is 2.65. The average molecular weight is 267 g/mol. The van der Waals surface area contributed by atoms with E-state index in [4.69, 9.17) is 0 Å². The van der Waals surface area contributed by atoms with E-state index in [9.17, 15) is 9.59 Å². The molecule has 2 aliphatic rings. The first-order valence-corrected chi connectivity index (χ1v) is 7.43. The Balaban J connectivity index is 1.65. The van der Waals surface area contributed by atoms with Crippen molar-refractivity contribution in [3.05, 3.63) is 0 Å². The van der Waals surface area contributed by atoms with Crippen LogP contribution in [0.3, 0.4) is 0 Å². The second-order valence-corrected chi connectivity index (χ2v) is 5.54. The molecule has 2 amide bonds. The van der Waals surface area contributed by atoms with Crippen molar-refractivity contribution in [2.75, 3.05) is 33.2 Å². The maximum Gasteiger partial charge on any atom is 0.222 e. The van der Waals surface area contributed by atoms with Gasteiger partial charge in [0.05, 0.1) is 0 Å². The Hall–Kier alpha value is -1.10. The Bertz CT molecular complexity index is 325. The van der Waals surface area contributed by atoms with Gasteiger partial charge < -0.3 is 15.1 Å². The van der Waals surface area contributed by atoms with Gasteiger partial charge in [-0.25, -0.2) is 0 Å². The predicted octanol–water partition coefficient (Wildman–Crippen LogP) is 0.599. The standard InChI is InChI=1S/C14H25N3O2/c1-15-13(18)4-2-8-16-10-6-12(7-11-16)17-9-3-5-14(17)19/h12H,2-11H2,1H3,(H,15,18). The third kappa shape index (κ3) is 3.93. The second-order valence-electron chi connectivity index (χ2n) is 5.54. The molecule has 2 heterocycles. The number of carbonyl (C=O) groups is 2. The van der Waals surface area contributed by atoms with E-state index < -0.39 is 0 Å². The first kappa shape index (κ1) is 14.3. The van der Waals surface area contributed by atoms with Crippen LogP contribution in [0.5, 0.6) is 0 Å². The highest BCUT2D eigenvalue weighted by Gasteiger charge is 2.30. The van der Waals surface area contributed by atoms with Crippen LogP contribution in [-0.4, -0.2) is 60.9 Å². The van der Waals surface area contributed by atoms with Crippen LogP contribution in [0.15, 0.2) is 0 Å². The van der Waals surface area contributed by atoms with Crippen LogP contribution < -0.4 is 5.32 Å². The zero-order valence-corrected chi connectivity index (χ0v) is 11.9. The van der Waals surface area contributed by atoms with E-state index in [-0.39, 0.29) is 5.91 Å². The third-order valence-electron chi connectivity index (χ3n) is 4.26. The highest BCUT2D eigenvalue weighted by molar-refractivity contribution is 5.78. The fraction of sp³-hybridized carbons (Fsp3) is 0.857. The first-order chi connectivity index (χ1) is 9.20. The largest absolute Gasteiger partial charge is 0.359 e. The molecule has 1 N–H and O–H groups in total. The molecule has 2 rings (SSSR count). The fourth-order valence-electron chi connectivity index (χ4n) is 3.10. The fourth-order valence-corrected chi connectivity index (χ4v) is 3.10. The molecule has 5 heteroatoms. The smallest absolute Gasteiger partial charge is 0.222 e. The maximum absolute atomic E-state index is 11.7. The molecule has 0 aromatic heterocycles. The summed E-state index contributed by atoms with van der Waals surface area (Å²) in [4.78, 5) is 27.3. The maximum atomic E-state index is 11.7. The molecule has 2 fully saturated rings. The molecule has 5 nitrogen and oxygen atoms in total. The molecular weight excluding hydrogens is 242 g/mol. The number of carbonyl (C=O) groups excluding carboxylic acids is 2. The quantitative estimate of drug-likeness (QED) is 0.793. The summed E-state index contributed by atoms with van der Waals surface area (Å²) < 4.78 is 0. The number of amides is 2. The summed E-state index contributed by atoms with van der Waals surface area (Å²) in [6, 6.07) is 0.463. The number of hydrogen-bond acceptors (Lipinski definition) is 3. The van der Waals surface area contributed by atoms with Crippen LogP contribution in [0.25, 0.3) is 0 Å². The molecule has 0 unspecified atom stereocenters. The summed E-state index contributed by atoms with van der Waals surface area (Å²) in [7, 11) is 1.68. The summed E-state index contributed by atoms with van der Waals surface area (Å²) >= 11 is 0. The van der Waals surface area contributed by atoms with Crippen molar-refractivity contribution in [2.45, 2.75) is 44.6 Å². The molecule has 0 aromatic rings. The van der Waals surface area contributed by atoms with Crippen molar-refractivity contribution >= 4 is 11.8 Å². The van der Waals surface area contributed by atoms with E-state index in [1.165, 1.54) is 0 Å². The summed E-state index contributed by atoms with van der Waals surface area (Å²) in [5.74, 6) is 0.468. The lowest BCUT2D eigenvalue weighted by Crippen LogP contribution is -2.45. The van der Waals surface area contributed by atoms with Gasteiger partial charge >= 0.3 is 0 Å². The molecule has 108 valence electrons. The van der Waals surface area contributed by atoms with Gasteiger partial charge in [-0.05, 0) is 32.2 Å². The Labute approximate surface area is 115 Å². The van der Waals surface area contributed by atoms with E-state index in [0.717, 1.165) is 58.3 Å². The van der Waals surface area contributed by atoms with E-state index in [0.29, 0.717) is 18.4 Å². The number of hydrogen-bond donors (Lipinski definition) is 1. The van der Waals surface area contributed by atoms with E-state index in [1.54, 1.807) is 7.05 Å². The van der Waals surface area contributed by atoms with Gasteiger partial charge in [0, 0.05) is 45.6 Å². The highest BCUT2D eigenvalue weighted by Crippen LogP contribution is 2.22. The van der Waals surface area contributed by atoms with Crippen molar-refractivity contribution in [3.8, 4) is 0 Å². The Morgan fingerprint density at radius 3 is 2.63 bits per heavy atom. The van der Waals surface area contributed by atoms with Crippen LogP contribution in [0.1, 0.15) is 38.5 Å². The minimum atomic E-state index is 0.123. The molecule has 0 atom stereocenters. The van der Waals surface area contributed by atoms with Crippen LogP contribution in [0.4, 0.5) is 0 Å². The van der Waals surface area contributed by atoms with Crippen LogP contribution in [-0.2, 0) is 9.59 Å². The highest BCUT2D eigenvalue weighted by atomic mass is 16.2. The zero-order chi connectivity index (χ0) is 13.7. The molecule has 0 radical (unpaired) electrons. The number of nitrogens with one attached hydrogen (secondary N) is 1. The number of rotatable bonds is 5. The monoisotopic (exact) mass is 267 g/mol. The van der Waals surface area contributed by atoms with Crippen molar-refractivity contribution in [2.24, 2.45) is 0 Å². The van der Waals surface area contributed by atoms with Crippen LogP contribution in [0, 0.1) is 0 Å². The molecule has 19 heavy (non-hydrogen) atoms. The number of nitrogens with zero attached hydrogens (tertiary/aromatic N) is 2. The van der Waals surface area contributed by atoms with Gasteiger partial charge in [0.25, 0.3) is 0 Å². The van der Waals surface area contributed by atoms with Gasteiger partial charge in [-0.2, -0.15) is 0 Å². The molecule has 0 aromatic carbocycles. The minimum Gasteiger partial charge on any atom is -0.359 e. The van der Waals surface area contributed by atoms with Gasteiger partial charge in [0.15, 0.2) is 0 Å². The second kappa shape index (κ2) is 6.89. The number of piperidine rings is 1. The van der Waals surface area contributed by atoms with Gasteiger partial charge in [0.1, 0.15) is 0 Å². The summed E-state index contributed by atoms with van der Waals surface area (Å²) in [5.41, 5.74) is 0. The topological polar surface area (TPSA) is 52.7 Å². The van der Waals surface area contributed by atoms with Gasteiger partial charge in [-0.1, -0.05) is 0 Å². The van der Waals surface area contributed by atoms with E-state index >= 15 is 0 Å². The molecule has 2 saturated heterocycles. The third-order valence-corrected chi connectivity index (χ3v) is 4.26. The lowest BCUT2D eigenvalue weighted by Gasteiger charge is -2.36. The van der Waals surface area contributed by atoms with Crippen molar-refractivity contribution in [1.29, 1.82) is 0 Å². The predicted molar refractivity (Wildman–Crippen MR) is 73.7 cm³/mol. The lowest BCUT2D eigenvalue weighted by atomic mass is 10.0. The molecular formula is C14H25N3O2. The zero-order valence-electron chi connectivity index (χ0n) is 11.9. The summed E-state index contributed by atoms with van der Waals surface area (Å²) in [6.07, 6.45) is 5.49. The Kier molecular flexibility index (Phi) is 5.19. The van der Waals surface area contributed by atoms with Gasteiger partial charge in [-0.3, -0.25) is 9.59 Å². The molecule has 0 aliphatic carbocycles. The lowest BCUT2D eigenvalue weighted by molar-refractivity contribution is -0.130. The molecule has 2 aliphatic heterocycles. The summed E-state index contributed by atoms with van der Waals surface area (Å²) in [6.45, 7) is 4.07. The normalized spacial score (nSPS) is 21.9. The van der Waals surface area contributed by atoms with Gasteiger partial charge in [0.2, 0.25) is 11.8 Å². The van der Waals surface area contributed by atoms with E-state index in [2.05, 4.69) is 15.1 Å². The van der Waals surface area contributed by atoms with E-state index in [1.807, 2.05) is 0 Å². The average Bonchev–Trinajstić information content (AvgIpc) is 2.85. The first-order valence-electron chi connectivity index (χ1n) is 7.43. The molecule has 0 saturated carbocycles. The number of likely N-dealkylation sites (tertiary alicyclic amines) is 2. The van der Waals surface area contributed by atoms with Crippen molar-refractivity contribution in [3.63, 3.8) is 0 Å². The Morgan fingerprint density at radius 1 is 1.32 bits per heavy atom. The SMILES string of the molecule is CNC(=O)CCCN1CCC(N2CCCC2=O)CC1. The Morgan fingerprint density at radius 2 is 2.05 bits per heavy atom. The minimum absolute atomic E-state index is 0.123. The molecule has 0 spiro atoms. The molecule has 0 bridgehead atoms. The van der Waals surface area contributed by atoms with Crippen LogP contribution >= 0.6 is 0 Å². The van der Waals surface area contributed by atoms with Crippen molar-refractivity contribution in [1.82, 2.24) is 15.1 Å². The van der Waals surface area contributed by atoms with Gasteiger partial charge in [-0.15, -0.1) is 0 Å².